The molecule has 0 fully saturated rings. The van der Waals surface area contributed by atoms with Gasteiger partial charge in [0, 0.05) is 16.0 Å². The first-order valence-corrected chi connectivity index (χ1v) is 6.87. The quantitative estimate of drug-likeness (QED) is 0.845. The Hall–Kier alpha value is -2.11. The zero-order chi connectivity index (χ0) is 14.5. The van der Waals surface area contributed by atoms with Gasteiger partial charge in [-0.1, -0.05) is 17.7 Å². The maximum atomic E-state index is 11.8. The molecule has 2 N–H and O–H groups in total. The van der Waals surface area contributed by atoms with Crippen LogP contribution in [0, 0.1) is 0 Å². The highest BCUT2D eigenvalue weighted by molar-refractivity contribution is 7.10. The van der Waals surface area contributed by atoms with Crippen molar-refractivity contribution in [3.8, 4) is 0 Å². The Balaban J connectivity index is 2.15. The number of carboxylic acids is 1. The van der Waals surface area contributed by atoms with Gasteiger partial charge in [0.25, 0.3) is 0 Å². The number of nitrogens with one attached hydrogen (secondary N) is 1. The predicted octanol–water partition coefficient (Wildman–Crippen LogP) is 3.75. The normalized spacial score (nSPS) is 10.7. The van der Waals surface area contributed by atoms with Gasteiger partial charge in [0.1, 0.15) is 0 Å². The van der Waals surface area contributed by atoms with E-state index < -0.39 is 11.9 Å². The Bertz CT molecular complexity index is 665. The van der Waals surface area contributed by atoms with Crippen molar-refractivity contribution in [3.63, 3.8) is 0 Å². The molecule has 1 aromatic heterocycles. The number of benzene rings is 1. The number of rotatable bonds is 4. The number of halogens is 1. The summed E-state index contributed by atoms with van der Waals surface area (Å²) in [4.78, 5) is 23.7. The molecule has 2 aromatic rings. The fraction of sp³-hybridized carbons (Fsp3) is 0. The molecule has 1 aromatic carbocycles. The van der Waals surface area contributed by atoms with E-state index in [1.165, 1.54) is 35.6 Å². The molecule has 6 heteroatoms. The first-order valence-electron chi connectivity index (χ1n) is 5.61. The summed E-state index contributed by atoms with van der Waals surface area (Å²) in [6, 6.07) is 7.96. The summed E-state index contributed by atoms with van der Waals surface area (Å²) in [7, 11) is 0. The third-order valence-corrected chi connectivity index (χ3v) is 3.48. The van der Waals surface area contributed by atoms with Gasteiger partial charge >= 0.3 is 5.97 Å². The molecule has 0 aliphatic rings. The fourth-order valence-corrected chi connectivity index (χ4v) is 2.31. The molecule has 0 radical (unpaired) electrons. The van der Waals surface area contributed by atoms with Crippen LogP contribution in [0.4, 0.5) is 5.69 Å². The van der Waals surface area contributed by atoms with Crippen molar-refractivity contribution in [3.05, 3.63) is 57.3 Å². The number of aromatic carboxylic acids is 1. The lowest BCUT2D eigenvalue weighted by atomic mass is 10.2. The SMILES string of the molecule is O=C(/C=C/c1cccs1)Nc1cc(Cl)ccc1C(=O)O. The molecule has 1 heterocycles. The van der Waals surface area contributed by atoms with Crippen LogP contribution in [-0.2, 0) is 4.79 Å². The summed E-state index contributed by atoms with van der Waals surface area (Å²) in [5.41, 5.74) is 0.165. The van der Waals surface area contributed by atoms with Gasteiger partial charge in [0.2, 0.25) is 5.91 Å². The molecule has 4 nitrogen and oxygen atoms in total. The van der Waals surface area contributed by atoms with Crippen LogP contribution in [0.15, 0.2) is 41.8 Å². The molecular formula is C14H10ClNO3S. The molecule has 0 aliphatic carbocycles. The van der Waals surface area contributed by atoms with Crippen LogP contribution in [0.25, 0.3) is 6.08 Å². The van der Waals surface area contributed by atoms with Crippen LogP contribution in [0.3, 0.4) is 0 Å². The lowest BCUT2D eigenvalue weighted by Crippen LogP contribution is -2.11. The van der Waals surface area contributed by atoms with Crippen LogP contribution in [0.5, 0.6) is 0 Å². The van der Waals surface area contributed by atoms with Crippen molar-refractivity contribution >= 4 is 46.6 Å². The monoisotopic (exact) mass is 307 g/mol. The number of anilines is 1. The summed E-state index contributed by atoms with van der Waals surface area (Å²) in [6.45, 7) is 0. The molecular weight excluding hydrogens is 298 g/mol. The van der Waals surface area contributed by atoms with Crippen LogP contribution in [0.2, 0.25) is 5.02 Å². The zero-order valence-electron chi connectivity index (χ0n) is 10.2. The highest BCUT2D eigenvalue weighted by Crippen LogP contribution is 2.21. The van der Waals surface area contributed by atoms with Gasteiger partial charge in [-0.25, -0.2) is 4.79 Å². The molecule has 2 rings (SSSR count). The van der Waals surface area contributed by atoms with Gasteiger partial charge in [0.15, 0.2) is 0 Å². The summed E-state index contributed by atoms with van der Waals surface area (Å²) >= 11 is 7.30. The first-order chi connectivity index (χ1) is 9.56. The van der Waals surface area contributed by atoms with Gasteiger partial charge in [-0.05, 0) is 35.7 Å². The van der Waals surface area contributed by atoms with Gasteiger partial charge in [-0.15, -0.1) is 11.3 Å². The second-order valence-corrected chi connectivity index (χ2v) is 5.25. The number of amides is 1. The number of carbonyl (C=O) groups excluding carboxylic acids is 1. The van der Waals surface area contributed by atoms with Crippen molar-refractivity contribution in [1.29, 1.82) is 0 Å². The zero-order valence-corrected chi connectivity index (χ0v) is 11.7. The Labute approximate surface area is 124 Å². The minimum Gasteiger partial charge on any atom is -0.478 e. The van der Waals surface area contributed by atoms with Gasteiger partial charge in [-0.3, -0.25) is 4.79 Å². The largest absolute Gasteiger partial charge is 0.478 e. The lowest BCUT2D eigenvalue weighted by Gasteiger charge is -2.06. The molecule has 0 saturated heterocycles. The summed E-state index contributed by atoms with van der Waals surface area (Å²) in [6.07, 6.45) is 3.00. The maximum Gasteiger partial charge on any atom is 0.337 e. The lowest BCUT2D eigenvalue weighted by molar-refractivity contribution is -0.111. The third-order valence-electron chi connectivity index (χ3n) is 2.41. The third kappa shape index (κ3) is 3.69. The number of carbonyl (C=O) groups is 2. The second-order valence-electron chi connectivity index (χ2n) is 3.83. The highest BCUT2D eigenvalue weighted by atomic mass is 35.5. The van der Waals surface area contributed by atoms with Crippen molar-refractivity contribution in [2.75, 3.05) is 5.32 Å². The van der Waals surface area contributed by atoms with E-state index in [0.717, 1.165) is 4.88 Å². The Kier molecular flexibility index (Phi) is 4.55. The van der Waals surface area contributed by atoms with Crippen LogP contribution in [0.1, 0.15) is 15.2 Å². The molecule has 20 heavy (non-hydrogen) atoms. The molecule has 0 unspecified atom stereocenters. The summed E-state index contributed by atoms with van der Waals surface area (Å²) in [5, 5.41) is 13.8. The molecule has 0 bridgehead atoms. The van der Waals surface area contributed by atoms with E-state index >= 15 is 0 Å². The Morgan fingerprint density at radius 1 is 1.30 bits per heavy atom. The number of hydrogen-bond acceptors (Lipinski definition) is 3. The van der Waals surface area contributed by atoms with E-state index in [9.17, 15) is 9.59 Å². The Morgan fingerprint density at radius 3 is 2.75 bits per heavy atom. The molecule has 0 atom stereocenters. The van der Waals surface area contributed by atoms with Crippen molar-refractivity contribution in [1.82, 2.24) is 0 Å². The van der Waals surface area contributed by atoms with E-state index in [4.69, 9.17) is 16.7 Å². The Morgan fingerprint density at radius 2 is 2.10 bits per heavy atom. The average molecular weight is 308 g/mol. The summed E-state index contributed by atoms with van der Waals surface area (Å²) < 4.78 is 0. The van der Waals surface area contributed by atoms with E-state index in [1.54, 1.807) is 6.08 Å². The molecule has 0 spiro atoms. The smallest absolute Gasteiger partial charge is 0.337 e. The van der Waals surface area contributed by atoms with Crippen molar-refractivity contribution in [2.24, 2.45) is 0 Å². The first kappa shape index (κ1) is 14.3. The van der Waals surface area contributed by atoms with Crippen molar-refractivity contribution in [2.45, 2.75) is 0 Å². The van der Waals surface area contributed by atoms with Gasteiger partial charge < -0.3 is 10.4 Å². The molecule has 102 valence electrons. The van der Waals surface area contributed by atoms with E-state index in [2.05, 4.69) is 5.32 Å². The number of carboxylic acid groups (broad SMARTS) is 1. The maximum absolute atomic E-state index is 11.8. The predicted molar refractivity (Wildman–Crippen MR) is 80.4 cm³/mol. The highest BCUT2D eigenvalue weighted by Gasteiger charge is 2.11. The molecule has 0 aliphatic heterocycles. The van der Waals surface area contributed by atoms with Crippen molar-refractivity contribution < 1.29 is 14.7 Å². The fourth-order valence-electron chi connectivity index (χ4n) is 1.52. The minimum atomic E-state index is -1.13. The van der Waals surface area contributed by atoms with Crippen LogP contribution in [-0.4, -0.2) is 17.0 Å². The molecule has 1 amide bonds. The van der Waals surface area contributed by atoms with E-state index in [1.807, 2.05) is 17.5 Å². The van der Waals surface area contributed by atoms with Crippen LogP contribution >= 0.6 is 22.9 Å². The molecule has 0 saturated carbocycles. The second kappa shape index (κ2) is 6.36. The number of hydrogen-bond donors (Lipinski definition) is 2. The topological polar surface area (TPSA) is 66.4 Å². The van der Waals surface area contributed by atoms with Crippen LogP contribution < -0.4 is 5.32 Å². The number of thiophene rings is 1. The van der Waals surface area contributed by atoms with E-state index in [0.29, 0.717) is 5.02 Å². The van der Waals surface area contributed by atoms with Gasteiger partial charge in [-0.2, -0.15) is 0 Å². The standard InChI is InChI=1S/C14H10ClNO3S/c15-9-3-5-11(14(18)19)12(8-9)16-13(17)6-4-10-2-1-7-20-10/h1-8H,(H,16,17)(H,18,19)/b6-4+. The average Bonchev–Trinajstić information content (AvgIpc) is 2.89. The minimum absolute atomic E-state index is 0.00715. The van der Waals surface area contributed by atoms with Gasteiger partial charge in [0.05, 0.1) is 11.3 Å². The summed E-state index contributed by atoms with van der Waals surface area (Å²) in [5.74, 6) is -1.54. The van der Waals surface area contributed by atoms with E-state index in [-0.39, 0.29) is 11.3 Å².